The number of benzene rings is 2. The number of thiazole rings is 1. The predicted molar refractivity (Wildman–Crippen MR) is 108 cm³/mol. The second-order valence-electron chi connectivity index (χ2n) is 6.74. The van der Waals surface area contributed by atoms with Crippen LogP contribution in [-0.4, -0.2) is 35.4 Å². The Kier molecular flexibility index (Phi) is 6.36. The molecule has 1 heterocycles. The minimum absolute atomic E-state index is 0.0640. The van der Waals surface area contributed by atoms with Gasteiger partial charge in [0.2, 0.25) is 5.91 Å². The lowest BCUT2D eigenvalue weighted by molar-refractivity contribution is -0.122. The number of hydrogen-bond acceptors (Lipinski definition) is 4. The lowest BCUT2D eigenvalue weighted by Gasteiger charge is -2.18. The van der Waals surface area contributed by atoms with Crippen LogP contribution in [0.3, 0.4) is 0 Å². The number of aryl methyl sites for hydroxylation is 1. The van der Waals surface area contributed by atoms with E-state index in [1.165, 1.54) is 10.3 Å². The van der Waals surface area contributed by atoms with Crippen molar-refractivity contribution in [2.24, 2.45) is 0 Å². The van der Waals surface area contributed by atoms with Gasteiger partial charge in [-0.15, -0.1) is 11.3 Å². The van der Waals surface area contributed by atoms with Gasteiger partial charge in [-0.05, 0) is 44.5 Å². The number of likely N-dealkylation sites (N-methyl/N-ethyl adjacent to an activating group) is 1. The zero-order valence-electron chi connectivity index (χ0n) is 15.3. The van der Waals surface area contributed by atoms with Crippen LogP contribution in [0.15, 0.2) is 54.6 Å². The molecule has 1 aromatic heterocycles. The Labute approximate surface area is 158 Å². The number of carbonyl (C=O) groups excluding carboxylic acids is 1. The van der Waals surface area contributed by atoms with Crippen LogP contribution in [0, 0.1) is 0 Å². The molecule has 0 aliphatic carbocycles. The fourth-order valence-electron chi connectivity index (χ4n) is 2.94. The number of aromatic nitrogens is 1. The van der Waals surface area contributed by atoms with E-state index in [1.807, 2.05) is 36.2 Å². The van der Waals surface area contributed by atoms with Crippen molar-refractivity contribution in [3.05, 3.63) is 65.2 Å². The summed E-state index contributed by atoms with van der Waals surface area (Å²) in [6.07, 6.45) is 1.92. The Morgan fingerprint density at radius 2 is 1.88 bits per heavy atom. The van der Waals surface area contributed by atoms with E-state index in [4.69, 9.17) is 0 Å². The first kappa shape index (κ1) is 18.5. The molecule has 0 fully saturated rings. The molecule has 1 N–H and O–H groups in total. The van der Waals surface area contributed by atoms with Gasteiger partial charge in [0, 0.05) is 6.04 Å². The van der Waals surface area contributed by atoms with Gasteiger partial charge < -0.3 is 5.32 Å². The number of carbonyl (C=O) groups is 1. The average Bonchev–Trinajstić information content (AvgIpc) is 3.02. The lowest BCUT2D eigenvalue weighted by Crippen LogP contribution is -2.39. The molecule has 0 bridgehead atoms. The van der Waals surface area contributed by atoms with Crippen LogP contribution < -0.4 is 5.32 Å². The highest BCUT2D eigenvalue weighted by molar-refractivity contribution is 7.18. The average molecular weight is 368 g/mol. The van der Waals surface area contributed by atoms with Crippen LogP contribution in [0.4, 0.5) is 0 Å². The van der Waals surface area contributed by atoms with E-state index in [-0.39, 0.29) is 11.9 Å². The molecule has 0 unspecified atom stereocenters. The lowest BCUT2D eigenvalue weighted by atomic mass is 10.1. The van der Waals surface area contributed by atoms with Crippen LogP contribution in [0.25, 0.3) is 10.2 Å². The summed E-state index contributed by atoms with van der Waals surface area (Å²) in [7, 11) is 1.96. The van der Waals surface area contributed by atoms with Crippen molar-refractivity contribution >= 4 is 27.5 Å². The molecule has 0 saturated heterocycles. The van der Waals surface area contributed by atoms with Crippen LogP contribution in [-0.2, 0) is 17.8 Å². The summed E-state index contributed by atoms with van der Waals surface area (Å²) in [5.41, 5.74) is 2.33. The Bertz CT molecular complexity index is 814. The number of rotatable bonds is 8. The Balaban J connectivity index is 1.43. The highest BCUT2D eigenvalue weighted by atomic mass is 32.1. The molecule has 2 aromatic carbocycles. The van der Waals surface area contributed by atoms with Crippen molar-refractivity contribution < 1.29 is 4.79 Å². The van der Waals surface area contributed by atoms with E-state index in [0.717, 1.165) is 23.4 Å². The molecule has 0 radical (unpaired) electrons. The zero-order chi connectivity index (χ0) is 18.4. The van der Waals surface area contributed by atoms with Crippen molar-refractivity contribution in [2.75, 3.05) is 13.6 Å². The van der Waals surface area contributed by atoms with Crippen molar-refractivity contribution in [1.29, 1.82) is 0 Å². The molecule has 0 saturated carbocycles. The number of nitrogens with one attached hydrogen (secondary N) is 1. The van der Waals surface area contributed by atoms with Crippen molar-refractivity contribution in [3.8, 4) is 0 Å². The molecule has 26 heavy (non-hydrogen) atoms. The fraction of sp³-hybridized carbons (Fsp3) is 0.333. The predicted octanol–water partition coefficient (Wildman–Crippen LogP) is 3.87. The number of nitrogens with zero attached hydrogens (tertiary/aromatic N) is 2. The zero-order valence-corrected chi connectivity index (χ0v) is 16.1. The first-order valence-corrected chi connectivity index (χ1v) is 9.78. The fourth-order valence-corrected chi connectivity index (χ4v) is 3.99. The number of fused-ring (bicyclic) bond motifs is 1. The largest absolute Gasteiger partial charge is 0.353 e. The number of amides is 1. The molecule has 1 amide bonds. The second-order valence-corrected chi connectivity index (χ2v) is 7.86. The maximum absolute atomic E-state index is 12.3. The van der Waals surface area contributed by atoms with Gasteiger partial charge in [-0.2, -0.15) is 0 Å². The number of para-hydroxylation sites is 1. The van der Waals surface area contributed by atoms with Crippen molar-refractivity contribution in [1.82, 2.24) is 15.2 Å². The van der Waals surface area contributed by atoms with Gasteiger partial charge in [0.25, 0.3) is 0 Å². The van der Waals surface area contributed by atoms with Gasteiger partial charge in [0.05, 0.1) is 23.3 Å². The van der Waals surface area contributed by atoms with E-state index < -0.39 is 0 Å². The second kappa shape index (κ2) is 8.92. The van der Waals surface area contributed by atoms with Crippen molar-refractivity contribution in [2.45, 2.75) is 32.4 Å². The minimum Gasteiger partial charge on any atom is -0.353 e. The molecule has 0 aliphatic rings. The molecule has 0 aliphatic heterocycles. The first-order chi connectivity index (χ1) is 12.6. The molecule has 0 spiro atoms. The Hall–Kier alpha value is -2.24. The summed E-state index contributed by atoms with van der Waals surface area (Å²) in [4.78, 5) is 18.9. The van der Waals surface area contributed by atoms with E-state index in [0.29, 0.717) is 13.1 Å². The van der Waals surface area contributed by atoms with E-state index in [1.54, 1.807) is 11.3 Å². The molecule has 136 valence electrons. The van der Waals surface area contributed by atoms with E-state index in [2.05, 4.69) is 47.6 Å². The maximum Gasteiger partial charge on any atom is 0.234 e. The molecular formula is C21H25N3OS. The van der Waals surface area contributed by atoms with Crippen LogP contribution in [0.2, 0.25) is 0 Å². The third kappa shape index (κ3) is 5.38. The van der Waals surface area contributed by atoms with Gasteiger partial charge in [-0.1, -0.05) is 42.5 Å². The summed E-state index contributed by atoms with van der Waals surface area (Å²) < 4.78 is 1.19. The monoisotopic (exact) mass is 367 g/mol. The van der Waals surface area contributed by atoms with Gasteiger partial charge >= 0.3 is 0 Å². The molecule has 3 rings (SSSR count). The Morgan fingerprint density at radius 1 is 1.15 bits per heavy atom. The van der Waals surface area contributed by atoms with Gasteiger partial charge in [-0.25, -0.2) is 4.98 Å². The minimum atomic E-state index is 0.0640. The maximum atomic E-state index is 12.3. The highest BCUT2D eigenvalue weighted by Gasteiger charge is 2.12. The number of hydrogen-bond donors (Lipinski definition) is 1. The molecule has 4 nitrogen and oxygen atoms in total. The normalized spacial score (nSPS) is 12.4. The standard InChI is InChI=1S/C21H25N3OS/c1-16(12-13-17-8-4-3-5-9-17)22-20(25)14-24(2)15-21-23-18-10-6-7-11-19(18)26-21/h3-11,16H,12-15H2,1-2H3,(H,22,25)/t16-/m1/s1. The summed E-state index contributed by atoms with van der Waals surface area (Å²) >= 11 is 1.69. The van der Waals surface area contributed by atoms with Crippen molar-refractivity contribution in [3.63, 3.8) is 0 Å². The third-order valence-corrected chi connectivity index (χ3v) is 5.29. The quantitative estimate of drug-likeness (QED) is 0.657. The highest BCUT2D eigenvalue weighted by Crippen LogP contribution is 2.22. The van der Waals surface area contributed by atoms with Gasteiger partial charge in [0.1, 0.15) is 5.01 Å². The van der Waals surface area contributed by atoms with Gasteiger partial charge in [0.15, 0.2) is 0 Å². The van der Waals surface area contributed by atoms with E-state index >= 15 is 0 Å². The van der Waals surface area contributed by atoms with Crippen LogP contribution in [0.1, 0.15) is 23.9 Å². The SMILES string of the molecule is C[C@H](CCc1ccccc1)NC(=O)CN(C)Cc1nc2ccccc2s1. The Morgan fingerprint density at radius 3 is 2.65 bits per heavy atom. The molecular weight excluding hydrogens is 342 g/mol. The molecule has 3 aromatic rings. The van der Waals surface area contributed by atoms with Crippen LogP contribution >= 0.6 is 11.3 Å². The third-order valence-electron chi connectivity index (χ3n) is 4.27. The van der Waals surface area contributed by atoms with E-state index in [9.17, 15) is 4.79 Å². The smallest absolute Gasteiger partial charge is 0.234 e. The van der Waals surface area contributed by atoms with Crippen LogP contribution in [0.5, 0.6) is 0 Å². The summed E-state index contributed by atoms with van der Waals surface area (Å²) in [5, 5.41) is 4.14. The first-order valence-electron chi connectivity index (χ1n) is 8.96. The summed E-state index contributed by atoms with van der Waals surface area (Å²) in [5.74, 6) is 0.0640. The molecule has 1 atom stereocenters. The summed E-state index contributed by atoms with van der Waals surface area (Å²) in [6.45, 7) is 3.13. The molecule has 5 heteroatoms. The van der Waals surface area contributed by atoms with Gasteiger partial charge in [-0.3, -0.25) is 9.69 Å². The topological polar surface area (TPSA) is 45.2 Å². The summed E-state index contributed by atoms with van der Waals surface area (Å²) in [6, 6.07) is 18.7.